The minimum atomic E-state index is -0.885. The number of piperazine rings is 1. The van der Waals surface area contributed by atoms with Crippen LogP contribution in [0.25, 0.3) is 11.5 Å². The minimum Gasteiger partial charge on any atom is -0.454 e. The Morgan fingerprint density at radius 2 is 1.76 bits per heavy atom. The molecule has 0 atom stereocenters. The fourth-order valence-corrected chi connectivity index (χ4v) is 3.92. The van der Waals surface area contributed by atoms with Crippen LogP contribution in [-0.2, 0) is 20.9 Å². The molecule has 0 radical (unpaired) electrons. The molecule has 172 valence electrons. The average molecular weight is 474 g/mol. The fourth-order valence-electron chi connectivity index (χ4n) is 3.23. The van der Waals surface area contributed by atoms with Gasteiger partial charge in [0.2, 0.25) is 5.89 Å². The molecule has 0 saturated carbocycles. The van der Waals surface area contributed by atoms with E-state index in [2.05, 4.69) is 5.10 Å². The molecule has 0 aliphatic carbocycles. The zero-order valence-electron chi connectivity index (χ0n) is 17.3. The highest BCUT2D eigenvalue weighted by Gasteiger charge is 2.26. The van der Waals surface area contributed by atoms with E-state index in [1.807, 2.05) is 11.4 Å². The van der Waals surface area contributed by atoms with Gasteiger partial charge < -0.3 is 19.0 Å². The Kier molecular flexibility index (Phi) is 6.63. The van der Waals surface area contributed by atoms with Gasteiger partial charge in [-0.2, -0.15) is 4.68 Å². The lowest BCUT2D eigenvalue weighted by Gasteiger charge is -2.34. The second-order valence-corrected chi connectivity index (χ2v) is 8.10. The summed E-state index contributed by atoms with van der Waals surface area (Å²) in [4.78, 5) is 52.6. The van der Waals surface area contributed by atoms with Crippen molar-refractivity contribution in [1.29, 1.82) is 0 Å². The Balaban J connectivity index is 1.25. The molecule has 0 spiro atoms. The summed E-state index contributed by atoms with van der Waals surface area (Å²) in [6.07, 6.45) is 0. The van der Waals surface area contributed by atoms with E-state index >= 15 is 0 Å². The Hall–Kier alpha value is -3.80. The maximum absolute atomic E-state index is 13.0. The first kappa shape index (κ1) is 22.4. The van der Waals surface area contributed by atoms with Crippen molar-refractivity contribution < 1.29 is 27.9 Å². The summed E-state index contributed by atoms with van der Waals surface area (Å²) in [7, 11) is 0. The van der Waals surface area contributed by atoms with Crippen molar-refractivity contribution in [3.63, 3.8) is 0 Å². The van der Waals surface area contributed by atoms with Crippen LogP contribution >= 0.6 is 11.3 Å². The second kappa shape index (κ2) is 9.77. The number of hydrogen-bond acceptors (Lipinski definition) is 8. The molecule has 2 aromatic heterocycles. The van der Waals surface area contributed by atoms with Crippen molar-refractivity contribution in [1.82, 2.24) is 19.6 Å². The number of aromatic nitrogens is 2. The summed E-state index contributed by atoms with van der Waals surface area (Å²) in [6.45, 7) is 0.400. The van der Waals surface area contributed by atoms with E-state index in [1.54, 1.807) is 11.0 Å². The number of esters is 1. The van der Waals surface area contributed by atoms with E-state index in [4.69, 9.17) is 9.15 Å². The Morgan fingerprint density at radius 3 is 2.42 bits per heavy atom. The normalized spacial score (nSPS) is 13.7. The predicted molar refractivity (Wildman–Crippen MR) is 114 cm³/mol. The number of carbonyl (C=O) groups is 3. The first-order chi connectivity index (χ1) is 15.9. The lowest BCUT2D eigenvalue weighted by molar-refractivity contribution is -0.153. The minimum absolute atomic E-state index is 0.0680. The molecule has 1 aliphatic rings. The topological polar surface area (TPSA) is 115 Å². The van der Waals surface area contributed by atoms with Crippen LogP contribution < -0.4 is 5.76 Å². The number of hydrogen-bond donors (Lipinski definition) is 0. The van der Waals surface area contributed by atoms with Crippen molar-refractivity contribution in [3.8, 4) is 11.5 Å². The van der Waals surface area contributed by atoms with E-state index in [1.165, 1.54) is 40.5 Å². The maximum atomic E-state index is 13.0. The van der Waals surface area contributed by atoms with Gasteiger partial charge in [-0.1, -0.05) is 6.07 Å². The van der Waals surface area contributed by atoms with Crippen molar-refractivity contribution >= 4 is 29.1 Å². The maximum Gasteiger partial charge on any atom is 0.437 e. The van der Waals surface area contributed by atoms with Crippen LogP contribution in [0.4, 0.5) is 4.39 Å². The molecular formula is C21H19FN4O6S. The SMILES string of the molecule is O=C(Cn1nc(-c2ccc(F)cc2)oc1=O)OCC(=O)N1CCN(C(=O)c2cccs2)CC1. The number of carbonyl (C=O) groups excluding carboxylic acids is 3. The number of benzene rings is 1. The largest absolute Gasteiger partial charge is 0.454 e. The molecule has 3 aromatic rings. The number of rotatable bonds is 6. The number of ether oxygens (including phenoxy) is 1. The van der Waals surface area contributed by atoms with Crippen LogP contribution in [0.3, 0.4) is 0 Å². The van der Waals surface area contributed by atoms with Crippen LogP contribution in [-0.4, -0.2) is 70.1 Å². The van der Waals surface area contributed by atoms with Crippen LogP contribution in [0.2, 0.25) is 0 Å². The molecule has 3 heterocycles. The summed E-state index contributed by atoms with van der Waals surface area (Å²) in [6, 6.07) is 8.71. The Morgan fingerprint density at radius 1 is 1.06 bits per heavy atom. The van der Waals surface area contributed by atoms with Gasteiger partial charge in [-0.3, -0.25) is 14.4 Å². The number of nitrogens with zero attached hydrogens (tertiary/aromatic N) is 4. The van der Waals surface area contributed by atoms with Crippen LogP contribution in [0.5, 0.6) is 0 Å². The van der Waals surface area contributed by atoms with Gasteiger partial charge in [0, 0.05) is 31.7 Å². The highest BCUT2D eigenvalue weighted by Crippen LogP contribution is 2.16. The molecule has 4 rings (SSSR count). The molecule has 0 unspecified atom stereocenters. The molecule has 12 heteroatoms. The number of halogens is 1. The summed E-state index contributed by atoms with van der Waals surface area (Å²) in [5.74, 6) is -2.71. The molecule has 33 heavy (non-hydrogen) atoms. The zero-order chi connectivity index (χ0) is 23.4. The number of thiophene rings is 1. The molecule has 1 fully saturated rings. The van der Waals surface area contributed by atoms with Crippen LogP contribution in [0.1, 0.15) is 9.67 Å². The molecule has 1 aliphatic heterocycles. The van der Waals surface area contributed by atoms with Gasteiger partial charge in [0.15, 0.2) is 6.61 Å². The average Bonchev–Trinajstić information content (AvgIpc) is 3.48. The standard InChI is InChI=1S/C21H19FN4O6S/c22-15-5-3-14(4-6-15)19-23-26(21(30)32-19)12-18(28)31-13-17(27)24-7-9-25(10-8-24)20(29)16-2-1-11-33-16/h1-6,11H,7-10,12-13H2. The van der Waals surface area contributed by atoms with Gasteiger partial charge in [0.05, 0.1) is 4.88 Å². The summed E-state index contributed by atoms with van der Waals surface area (Å²) < 4.78 is 23.8. The second-order valence-electron chi connectivity index (χ2n) is 7.15. The summed E-state index contributed by atoms with van der Waals surface area (Å²) >= 11 is 1.37. The smallest absolute Gasteiger partial charge is 0.437 e. The van der Waals surface area contributed by atoms with Crippen LogP contribution in [0, 0.1) is 5.82 Å². The monoisotopic (exact) mass is 474 g/mol. The fraction of sp³-hybridized carbons (Fsp3) is 0.286. The third-order valence-corrected chi connectivity index (χ3v) is 5.84. The highest BCUT2D eigenvalue weighted by molar-refractivity contribution is 7.12. The molecule has 1 saturated heterocycles. The highest BCUT2D eigenvalue weighted by atomic mass is 32.1. The van der Waals surface area contributed by atoms with E-state index in [0.717, 1.165) is 4.68 Å². The van der Waals surface area contributed by atoms with E-state index in [-0.39, 0.29) is 11.8 Å². The van der Waals surface area contributed by atoms with Crippen molar-refractivity contribution in [2.75, 3.05) is 32.8 Å². The van der Waals surface area contributed by atoms with E-state index < -0.39 is 36.6 Å². The molecule has 0 bridgehead atoms. The van der Waals surface area contributed by atoms with Gasteiger partial charge in [0.25, 0.3) is 11.8 Å². The van der Waals surface area contributed by atoms with Gasteiger partial charge in [0.1, 0.15) is 12.4 Å². The molecular weight excluding hydrogens is 455 g/mol. The molecule has 2 amide bonds. The quantitative estimate of drug-likeness (QED) is 0.494. The van der Waals surface area contributed by atoms with Crippen molar-refractivity contribution in [2.45, 2.75) is 6.54 Å². The molecule has 0 N–H and O–H groups in total. The van der Waals surface area contributed by atoms with E-state index in [9.17, 15) is 23.6 Å². The van der Waals surface area contributed by atoms with Crippen molar-refractivity contribution in [3.05, 3.63) is 63.0 Å². The summed E-state index contributed by atoms with van der Waals surface area (Å²) in [5, 5.41) is 5.73. The molecule has 1 aromatic carbocycles. The Labute approximate surface area is 190 Å². The number of amides is 2. The lowest BCUT2D eigenvalue weighted by Crippen LogP contribution is -2.51. The third-order valence-electron chi connectivity index (χ3n) is 4.98. The van der Waals surface area contributed by atoms with Gasteiger partial charge >= 0.3 is 11.7 Å². The molecule has 10 nitrogen and oxygen atoms in total. The third kappa shape index (κ3) is 5.34. The van der Waals surface area contributed by atoms with Crippen LogP contribution in [0.15, 0.2) is 51.0 Å². The first-order valence-electron chi connectivity index (χ1n) is 10.0. The van der Waals surface area contributed by atoms with Crippen molar-refractivity contribution in [2.24, 2.45) is 0 Å². The summed E-state index contributed by atoms with van der Waals surface area (Å²) in [5.41, 5.74) is 0.368. The zero-order valence-corrected chi connectivity index (χ0v) is 18.1. The van der Waals surface area contributed by atoms with Gasteiger partial charge in [-0.25, -0.2) is 9.18 Å². The lowest BCUT2D eigenvalue weighted by atomic mass is 10.2. The first-order valence-corrected chi connectivity index (χ1v) is 10.9. The van der Waals surface area contributed by atoms with Gasteiger partial charge in [-0.15, -0.1) is 16.4 Å². The van der Waals surface area contributed by atoms with Gasteiger partial charge in [-0.05, 0) is 35.7 Å². The Bertz CT molecular complexity index is 1200. The van der Waals surface area contributed by atoms with E-state index in [0.29, 0.717) is 36.6 Å². The predicted octanol–water partition coefficient (Wildman–Crippen LogP) is 1.23.